The molecule has 4 aromatic rings. The van der Waals surface area contributed by atoms with Crippen LogP contribution < -0.4 is 14.9 Å². The number of aromatic nitrogens is 2. The predicted molar refractivity (Wildman–Crippen MR) is 113 cm³/mol. The molecule has 142 valence electrons. The van der Waals surface area contributed by atoms with Crippen LogP contribution >= 0.6 is 22.7 Å². The molecule has 0 bridgehead atoms. The van der Waals surface area contributed by atoms with Crippen molar-refractivity contribution in [2.75, 3.05) is 11.9 Å². The van der Waals surface area contributed by atoms with Crippen molar-refractivity contribution < 1.29 is 9.53 Å². The number of hydrogen-bond acceptors (Lipinski definition) is 6. The van der Waals surface area contributed by atoms with E-state index >= 15 is 0 Å². The molecule has 28 heavy (non-hydrogen) atoms. The Hall–Kier alpha value is -2.97. The minimum Gasteiger partial charge on any atom is -0.494 e. The van der Waals surface area contributed by atoms with Crippen molar-refractivity contribution in [1.29, 1.82) is 0 Å². The van der Waals surface area contributed by atoms with Crippen LogP contribution in [0.3, 0.4) is 0 Å². The van der Waals surface area contributed by atoms with Gasteiger partial charge in [0.25, 0.3) is 0 Å². The number of amides is 1. The normalized spacial score (nSPS) is 10.9. The summed E-state index contributed by atoms with van der Waals surface area (Å²) >= 11 is 2.49. The van der Waals surface area contributed by atoms with E-state index in [2.05, 4.69) is 10.3 Å². The summed E-state index contributed by atoms with van der Waals surface area (Å²) in [5.41, 5.74) is 2.49. The average molecular weight is 412 g/mol. The van der Waals surface area contributed by atoms with Gasteiger partial charge in [-0.25, -0.2) is 4.98 Å². The zero-order chi connectivity index (χ0) is 19.5. The lowest BCUT2D eigenvalue weighted by Gasteiger charge is -2.04. The fourth-order valence-corrected chi connectivity index (χ4v) is 4.44. The van der Waals surface area contributed by atoms with Gasteiger partial charge in [-0.05, 0) is 43.3 Å². The number of carbonyl (C=O) groups excluding carboxylic acids is 1. The summed E-state index contributed by atoms with van der Waals surface area (Å²) in [5.74, 6) is 0.529. The van der Waals surface area contributed by atoms with Crippen molar-refractivity contribution in [3.63, 3.8) is 0 Å². The lowest BCUT2D eigenvalue weighted by atomic mass is 10.2. The van der Waals surface area contributed by atoms with Crippen LogP contribution in [0.1, 0.15) is 6.92 Å². The van der Waals surface area contributed by atoms with Crippen LogP contribution in [0.4, 0.5) is 5.13 Å². The molecule has 1 N–H and O–H groups in total. The Kier molecular flexibility index (Phi) is 5.23. The molecule has 0 atom stereocenters. The Labute approximate surface area is 169 Å². The topological polar surface area (TPSA) is 73.2 Å². The first-order valence-electron chi connectivity index (χ1n) is 8.71. The predicted octanol–water partition coefficient (Wildman–Crippen LogP) is 4.22. The first-order chi connectivity index (χ1) is 13.6. The third-order valence-electron chi connectivity index (χ3n) is 4.09. The summed E-state index contributed by atoms with van der Waals surface area (Å²) in [6.07, 6.45) is 0. The maximum Gasteiger partial charge on any atom is 0.308 e. The van der Waals surface area contributed by atoms with Gasteiger partial charge in [0, 0.05) is 10.9 Å². The van der Waals surface area contributed by atoms with E-state index < -0.39 is 0 Å². The summed E-state index contributed by atoms with van der Waals surface area (Å²) in [5, 5.41) is 5.17. The Morgan fingerprint density at radius 1 is 1.18 bits per heavy atom. The minimum atomic E-state index is -0.279. The van der Waals surface area contributed by atoms with Crippen LogP contribution in [0.2, 0.25) is 0 Å². The number of para-hydroxylation sites is 1. The van der Waals surface area contributed by atoms with Gasteiger partial charge in [-0.15, -0.1) is 11.3 Å². The van der Waals surface area contributed by atoms with E-state index in [-0.39, 0.29) is 17.3 Å². The highest BCUT2D eigenvalue weighted by Gasteiger charge is 2.13. The number of nitrogens with one attached hydrogen (secondary N) is 1. The minimum absolute atomic E-state index is 0.0409. The fourth-order valence-electron chi connectivity index (χ4n) is 2.82. The SMILES string of the molecule is CCOc1ccc(-c2csc(NC(=O)Cn3c(=O)sc4ccccc43)n2)cc1. The molecule has 2 aromatic carbocycles. The van der Waals surface area contributed by atoms with Crippen LogP contribution in [-0.2, 0) is 11.3 Å². The van der Waals surface area contributed by atoms with E-state index in [4.69, 9.17) is 4.74 Å². The summed E-state index contributed by atoms with van der Waals surface area (Å²) in [6.45, 7) is 2.52. The molecule has 0 saturated carbocycles. The molecule has 2 aromatic heterocycles. The largest absolute Gasteiger partial charge is 0.494 e. The number of nitrogens with zero attached hydrogens (tertiary/aromatic N) is 2. The van der Waals surface area contributed by atoms with E-state index in [1.54, 1.807) is 0 Å². The molecule has 0 unspecified atom stereocenters. The number of benzene rings is 2. The summed E-state index contributed by atoms with van der Waals surface area (Å²) < 4.78 is 7.79. The van der Waals surface area contributed by atoms with Gasteiger partial charge >= 0.3 is 4.87 Å². The molecule has 0 spiro atoms. The lowest BCUT2D eigenvalue weighted by molar-refractivity contribution is -0.116. The molecule has 0 saturated heterocycles. The smallest absolute Gasteiger partial charge is 0.308 e. The number of rotatable bonds is 6. The molecule has 8 heteroatoms. The quantitative estimate of drug-likeness (QED) is 0.515. The van der Waals surface area contributed by atoms with Gasteiger partial charge in [-0.3, -0.25) is 14.2 Å². The number of fused-ring (bicyclic) bond motifs is 1. The second-order valence-electron chi connectivity index (χ2n) is 5.97. The molecular weight excluding hydrogens is 394 g/mol. The zero-order valence-corrected chi connectivity index (χ0v) is 16.7. The third-order valence-corrected chi connectivity index (χ3v) is 5.80. The Morgan fingerprint density at radius 3 is 2.75 bits per heavy atom. The highest BCUT2D eigenvalue weighted by molar-refractivity contribution is 7.16. The molecule has 0 radical (unpaired) electrons. The summed E-state index contributed by atoms with van der Waals surface area (Å²) in [7, 11) is 0. The second kappa shape index (κ2) is 7.95. The van der Waals surface area contributed by atoms with E-state index in [9.17, 15) is 9.59 Å². The third kappa shape index (κ3) is 3.83. The monoisotopic (exact) mass is 411 g/mol. The van der Waals surface area contributed by atoms with E-state index in [1.807, 2.05) is 60.8 Å². The van der Waals surface area contributed by atoms with Crippen molar-refractivity contribution >= 4 is 43.9 Å². The standard InChI is InChI=1S/C20H17N3O3S2/c1-2-26-14-9-7-13(8-10-14)15-12-27-19(21-15)22-18(24)11-23-16-5-3-4-6-17(16)28-20(23)25/h3-10,12H,2,11H2,1H3,(H,21,22,24). The molecule has 0 fully saturated rings. The average Bonchev–Trinajstić information content (AvgIpc) is 3.27. The van der Waals surface area contributed by atoms with Gasteiger partial charge in [0.2, 0.25) is 5.91 Å². The molecule has 6 nitrogen and oxygen atoms in total. The van der Waals surface area contributed by atoms with Gasteiger partial charge in [0.1, 0.15) is 12.3 Å². The van der Waals surface area contributed by atoms with Crippen LogP contribution in [0, 0.1) is 0 Å². The highest BCUT2D eigenvalue weighted by atomic mass is 32.1. The van der Waals surface area contributed by atoms with E-state index in [1.165, 1.54) is 15.9 Å². The Balaban J connectivity index is 1.47. The first-order valence-corrected chi connectivity index (χ1v) is 10.4. The van der Waals surface area contributed by atoms with E-state index in [0.29, 0.717) is 11.7 Å². The van der Waals surface area contributed by atoms with Gasteiger partial charge in [-0.1, -0.05) is 23.5 Å². The van der Waals surface area contributed by atoms with Crippen molar-refractivity contribution in [3.05, 3.63) is 63.6 Å². The van der Waals surface area contributed by atoms with Gasteiger partial charge in [0.15, 0.2) is 5.13 Å². The number of ether oxygens (including phenoxy) is 1. The second-order valence-corrected chi connectivity index (χ2v) is 7.82. The zero-order valence-electron chi connectivity index (χ0n) is 15.0. The summed E-state index contributed by atoms with van der Waals surface area (Å²) in [4.78, 5) is 28.9. The summed E-state index contributed by atoms with van der Waals surface area (Å²) in [6, 6.07) is 15.1. The maximum atomic E-state index is 12.4. The molecular formula is C20H17N3O3S2. The van der Waals surface area contributed by atoms with Gasteiger partial charge in [-0.2, -0.15) is 0 Å². The van der Waals surface area contributed by atoms with Crippen molar-refractivity contribution in [1.82, 2.24) is 9.55 Å². The number of anilines is 1. The molecule has 0 aliphatic heterocycles. The first kappa shape index (κ1) is 18.4. The molecule has 0 aliphatic rings. The Bertz CT molecular complexity index is 1180. The molecule has 2 heterocycles. The van der Waals surface area contributed by atoms with Crippen molar-refractivity contribution in [3.8, 4) is 17.0 Å². The fraction of sp³-hybridized carbons (Fsp3) is 0.150. The van der Waals surface area contributed by atoms with Gasteiger partial charge < -0.3 is 10.1 Å². The molecule has 4 rings (SSSR count). The highest BCUT2D eigenvalue weighted by Crippen LogP contribution is 2.26. The number of hydrogen-bond donors (Lipinski definition) is 1. The molecule has 1 amide bonds. The van der Waals surface area contributed by atoms with Crippen LogP contribution in [0.5, 0.6) is 5.75 Å². The number of thiazole rings is 2. The van der Waals surface area contributed by atoms with Crippen molar-refractivity contribution in [2.45, 2.75) is 13.5 Å². The maximum absolute atomic E-state index is 12.4. The molecule has 0 aliphatic carbocycles. The van der Waals surface area contributed by atoms with Crippen LogP contribution in [0.25, 0.3) is 21.5 Å². The lowest BCUT2D eigenvalue weighted by Crippen LogP contribution is -2.24. The number of carbonyl (C=O) groups is 1. The van der Waals surface area contributed by atoms with Crippen molar-refractivity contribution in [2.24, 2.45) is 0 Å². The van der Waals surface area contributed by atoms with Crippen LogP contribution in [0.15, 0.2) is 58.7 Å². The van der Waals surface area contributed by atoms with Crippen LogP contribution in [-0.4, -0.2) is 22.1 Å². The Morgan fingerprint density at radius 2 is 1.96 bits per heavy atom. The van der Waals surface area contributed by atoms with Gasteiger partial charge in [0.05, 0.1) is 22.5 Å². The van der Waals surface area contributed by atoms with E-state index in [0.717, 1.165) is 38.6 Å².